The van der Waals surface area contributed by atoms with Gasteiger partial charge in [0.2, 0.25) is 0 Å². The van der Waals surface area contributed by atoms with E-state index in [9.17, 15) is 10.4 Å². The third kappa shape index (κ3) is 4.78. The predicted molar refractivity (Wildman–Crippen MR) is 138 cm³/mol. The smallest absolute Gasteiger partial charge is 0.0795 e. The van der Waals surface area contributed by atoms with Gasteiger partial charge in [-0.15, -0.1) is 0 Å². The van der Waals surface area contributed by atoms with Crippen molar-refractivity contribution in [3.05, 3.63) is 11.6 Å². The summed E-state index contributed by atoms with van der Waals surface area (Å²) in [6.07, 6.45) is 17.2. The fraction of sp³-hybridized carbons (Fsp3) is 0.862. The van der Waals surface area contributed by atoms with Crippen molar-refractivity contribution in [1.29, 1.82) is 0 Å². The van der Waals surface area contributed by atoms with E-state index in [1.54, 1.807) is 0 Å². The van der Waals surface area contributed by atoms with Crippen molar-refractivity contribution >= 4 is 11.4 Å². The lowest BCUT2D eigenvalue weighted by Crippen LogP contribution is -2.51. The fourth-order valence-electron chi connectivity index (χ4n) is 8.61. The Morgan fingerprint density at radius 2 is 1.70 bits per heavy atom. The van der Waals surface area contributed by atoms with E-state index in [-0.39, 0.29) is 10.8 Å². The Balaban J connectivity index is 0.000000454. The summed E-state index contributed by atoms with van der Waals surface area (Å²) in [4.78, 5) is 0. The first kappa shape index (κ1) is 26.3. The van der Waals surface area contributed by atoms with E-state index >= 15 is 0 Å². The van der Waals surface area contributed by atoms with Crippen molar-refractivity contribution < 1.29 is 10.4 Å². The zero-order valence-corrected chi connectivity index (χ0v) is 22.2. The number of unbranched alkanes of at least 4 members (excludes halogenated alkanes) is 3. The summed E-state index contributed by atoms with van der Waals surface area (Å²) < 4.78 is 0. The van der Waals surface area contributed by atoms with Gasteiger partial charge in [-0.3, -0.25) is 0 Å². The molecule has 0 aromatic carbocycles. The molecule has 0 aromatic rings. The van der Waals surface area contributed by atoms with Crippen LogP contribution in [0.15, 0.2) is 22.0 Å². The topological polar surface area (TPSA) is 65.2 Å². The molecule has 188 valence electrons. The van der Waals surface area contributed by atoms with E-state index in [4.69, 9.17) is 0 Å². The van der Waals surface area contributed by atoms with Gasteiger partial charge < -0.3 is 10.4 Å². The van der Waals surface area contributed by atoms with Crippen LogP contribution in [0.5, 0.6) is 0 Å². The van der Waals surface area contributed by atoms with Crippen molar-refractivity contribution in [1.82, 2.24) is 0 Å². The Hall–Kier alpha value is -1.32. The van der Waals surface area contributed by atoms with Crippen LogP contribution in [-0.4, -0.2) is 21.8 Å². The van der Waals surface area contributed by atoms with Crippen molar-refractivity contribution in [3.63, 3.8) is 0 Å². The first-order chi connectivity index (χ1) is 15.8. The third-order valence-corrected chi connectivity index (χ3v) is 10.4. The molecule has 2 N–H and O–H groups in total. The summed E-state index contributed by atoms with van der Waals surface area (Å²) >= 11 is 0. The number of rotatable bonds is 5. The molecule has 4 nitrogen and oxygen atoms in total. The van der Waals surface area contributed by atoms with Crippen LogP contribution in [0.4, 0.5) is 0 Å². The van der Waals surface area contributed by atoms with E-state index in [1.807, 2.05) is 6.92 Å². The summed E-state index contributed by atoms with van der Waals surface area (Å²) in [5.41, 5.74) is 3.90. The fourth-order valence-corrected chi connectivity index (χ4v) is 8.61. The number of hydrogen-bond donors (Lipinski definition) is 2. The molecule has 0 bridgehead atoms. The summed E-state index contributed by atoms with van der Waals surface area (Å²) in [7, 11) is 0. The van der Waals surface area contributed by atoms with Crippen LogP contribution in [0.3, 0.4) is 0 Å². The number of hydrogen-bond acceptors (Lipinski definition) is 4. The number of oxime groups is 2. The summed E-state index contributed by atoms with van der Waals surface area (Å²) in [5, 5.41) is 25.9. The Morgan fingerprint density at radius 3 is 2.27 bits per heavy atom. The van der Waals surface area contributed by atoms with Gasteiger partial charge in [0.05, 0.1) is 11.4 Å². The van der Waals surface area contributed by atoms with Gasteiger partial charge in [-0.05, 0) is 92.4 Å². The average Bonchev–Trinajstić information content (AvgIpc) is 3.14. The lowest BCUT2D eigenvalue weighted by atomic mass is 9.46. The van der Waals surface area contributed by atoms with Gasteiger partial charge in [0, 0.05) is 5.92 Å². The molecule has 3 saturated carbocycles. The minimum atomic E-state index is 0.276. The molecule has 4 aliphatic carbocycles. The highest BCUT2D eigenvalue weighted by atomic mass is 16.4. The van der Waals surface area contributed by atoms with Gasteiger partial charge in [-0.25, -0.2) is 0 Å². The molecule has 3 unspecified atom stereocenters. The second-order valence-corrected chi connectivity index (χ2v) is 12.0. The second-order valence-electron chi connectivity index (χ2n) is 12.0. The van der Waals surface area contributed by atoms with Crippen LogP contribution in [0.25, 0.3) is 0 Å². The number of fused-ring (bicyclic) bond motifs is 5. The number of nitrogens with zero attached hydrogens (tertiary/aromatic N) is 2. The minimum absolute atomic E-state index is 0.276. The van der Waals surface area contributed by atoms with Crippen LogP contribution in [0.2, 0.25) is 0 Å². The molecule has 0 amide bonds. The standard InChI is InChI=1S/C23H36N2O2.C6H14/c1-5-15-12-20-18-7-6-16-13-17(25-27)8-10-22(16,3)19(18)9-11-23(20,4)21(15)14(2)24-26;1-3-5-6-4-2/h13,15,18-21,26-27H,5-12H2,1-4H3;3-6H2,1-2H3/b24-14-,25-17+;/t15-,18?,19?,20?,21+,22+,23+;/m1./s1. The van der Waals surface area contributed by atoms with E-state index in [0.29, 0.717) is 11.8 Å². The molecule has 0 aromatic heterocycles. The van der Waals surface area contributed by atoms with E-state index in [0.717, 1.165) is 48.4 Å². The lowest BCUT2D eigenvalue weighted by molar-refractivity contribution is -0.0412. The first-order valence-electron chi connectivity index (χ1n) is 13.9. The molecule has 0 radical (unpaired) electrons. The zero-order chi connectivity index (χ0) is 24.2. The predicted octanol–water partition coefficient (Wildman–Crippen LogP) is 8.47. The van der Waals surface area contributed by atoms with E-state index < -0.39 is 0 Å². The molecule has 33 heavy (non-hydrogen) atoms. The minimum Gasteiger partial charge on any atom is -0.411 e. The van der Waals surface area contributed by atoms with Crippen molar-refractivity contribution in [2.75, 3.05) is 0 Å². The second kappa shape index (κ2) is 11.0. The molecule has 0 spiro atoms. The maximum atomic E-state index is 9.54. The van der Waals surface area contributed by atoms with Crippen LogP contribution in [0, 0.1) is 40.4 Å². The van der Waals surface area contributed by atoms with Crippen LogP contribution >= 0.6 is 0 Å². The van der Waals surface area contributed by atoms with Crippen molar-refractivity contribution in [2.45, 2.75) is 119 Å². The normalized spacial score (nSPS) is 41.4. The molecule has 3 fully saturated rings. The van der Waals surface area contributed by atoms with Crippen LogP contribution in [-0.2, 0) is 0 Å². The summed E-state index contributed by atoms with van der Waals surface area (Å²) in [6.45, 7) is 13.8. The Kier molecular flexibility index (Phi) is 8.72. The highest BCUT2D eigenvalue weighted by Crippen LogP contribution is 2.68. The van der Waals surface area contributed by atoms with Crippen molar-refractivity contribution in [2.24, 2.45) is 50.7 Å². The zero-order valence-electron chi connectivity index (χ0n) is 22.2. The molecular weight excluding hydrogens is 408 g/mol. The first-order valence-corrected chi connectivity index (χ1v) is 13.9. The van der Waals surface area contributed by atoms with Gasteiger partial charge in [0.15, 0.2) is 0 Å². The third-order valence-electron chi connectivity index (χ3n) is 10.4. The lowest BCUT2D eigenvalue weighted by Gasteiger charge is -2.58. The summed E-state index contributed by atoms with van der Waals surface area (Å²) in [6, 6.07) is 0. The quantitative estimate of drug-likeness (QED) is 0.188. The SMILES string of the molecule is CCCCCC.CC[C@@H]1CC2C3CCC4=C/C(=N/O)CC[C@]4(C)C3CC[C@]2(C)[C@H]1/C(C)=N\O. The van der Waals surface area contributed by atoms with Gasteiger partial charge >= 0.3 is 0 Å². The van der Waals surface area contributed by atoms with Crippen LogP contribution < -0.4 is 0 Å². The van der Waals surface area contributed by atoms with Gasteiger partial charge in [0.1, 0.15) is 0 Å². The molecule has 0 aliphatic heterocycles. The largest absolute Gasteiger partial charge is 0.411 e. The molecule has 4 rings (SSSR count). The van der Waals surface area contributed by atoms with E-state index in [2.05, 4.69) is 51.0 Å². The van der Waals surface area contributed by atoms with Crippen molar-refractivity contribution in [3.8, 4) is 0 Å². The molecule has 0 heterocycles. The summed E-state index contributed by atoms with van der Waals surface area (Å²) in [5.74, 6) is 3.36. The van der Waals surface area contributed by atoms with Gasteiger partial charge in [-0.2, -0.15) is 0 Å². The molecule has 7 atom stereocenters. The number of allylic oxidation sites excluding steroid dienone is 2. The van der Waals surface area contributed by atoms with Crippen LogP contribution in [0.1, 0.15) is 119 Å². The molecule has 4 aliphatic rings. The monoisotopic (exact) mass is 458 g/mol. The Labute approximate surface area is 203 Å². The van der Waals surface area contributed by atoms with Gasteiger partial charge in [0.25, 0.3) is 0 Å². The van der Waals surface area contributed by atoms with Gasteiger partial charge in [-0.1, -0.05) is 82.6 Å². The molecular formula is C29H50N2O2. The maximum Gasteiger partial charge on any atom is 0.0795 e. The Morgan fingerprint density at radius 1 is 1.00 bits per heavy atom. The average molecular weight is 459 g/mol. The maximum absolute atomic E-state index is 9.54. The Bertz CT molecular complexity index is 753. The molecule has 4 heteroatoms. The molecule has 0 saturated heterocycles. The highest BCUT2D eigenvalue weighted by molar-refractivity contribution is 5.96. The van der Waals surface area contributed by atoms with E-state index in [1.165, 1.54) is 63.4 Å². The highest BCUT2D eigenvalue weighted by Gasteiger charge is 2.61.